The molecule has 0 aliphatic carbocycles. The predicted octanol–water partition coefficient (Wildman–Crippen LogP) is 5.12. The summed E-state index contributed by atoms with van der Waals surface area (Å²) in [6.45, 7) is 0.0326. The van der Waals surface area contributed by atoms with E-state index in [1.165, 1.54) is 12.1 Å². The molecule has 228 valence electrons. The molecule has 6 rings (SSSR count). The molecular weight excluding hydrogens is 587 g/mol. The average molecular weight is 619 g/mol. The van der Waals surface area contributed by atoms with Crippen molar-refractivity contribution in [1.82, 2.24) is 5.32 Å². The lowest BCUT2D eigenvalue weighted by atomic mass is 9.84. The van der Waals surface area contributed by atoms with Crippen molar-refractivity contribution in [3.8, 4) is 17.2 Å². The summed E-state index contributed by atoms with van der Waals surface area (Å²) in [6.07, 6.45) is -1.09. The standard InChI is InChI=1S/C33H31FN2O7S/c34-22-8-13-27(14-9-22)44(39,40)36-23-10-15-30-28(16-23)29-17-26(42-31(20-37)33(29)43-30)18-32(38)35-19-21-6-11-25(12-7-21)41-24-4-2-1-3-5-24/h1-16,26,29,31,33,36-37H,17-20H2,(H,35,38)/t26-,29-,31+,33+/m1/s1. The SMILES string of the molecule is O=C(C[C@H]1C[C@@H]2c3cc(NS(=O)(=O)c4ccc(F)cc4)ccc3O[C@@H]2[C@H](CO)O1)NCc1ccc(Oc2ccccc2)cc1. The van der Waals surface area contributed by atoms with E-state index in [1.807, 2.05) is 54.6 Å². The van der Waals surface area contributed by atoms with Crippen LogP contribution in [0.25, 0.3) is 0 Å². The number of carbonyl (C=O) groups excluding carboxylic acids is 1. The number of hydrogen-bond donors (Lipinski definition) is 3. The minimum atomic E-state index is -3.95. The van der Waals surface area contributed by atoms with E-state index in [0.29, 0.717) is 30.2 Å². The molecule has 11 heteroatoms. The molecule has 0 radical (unpaired) electrons. The van der Waals surface area contributed by atoms with E-state index in [0.717, 1.165) is 29.0 Å². The molecule has 2 aliphatic heterocycles. The molecule has 2 aliphatic rings. The molecule has 0 bridgehead atoms. The first-order valence-electron chi connectivity index (χ1n) is 14.2. The number of anilines is 1. The van der Waals surface area contributed by atoms with Gasteiger partial charge in [-0.25, -0.2) is 12.8 Å². The molecular formula is C33H31FN2O7S. The van der Waals surface area contributed by atoms with E-state index in [9.17, 15) is 22.7 Å². The van der Waals surface area contributed by atoms with Gasteiger partial charge in [0.1, 0.15) is 35.3 Å². The molecule has 0 spiro atoms. The van der Waals surface area contributed by atoms with Gasteiger partial charge in [0, 0.05) is 23.7 Å². The Morgan fingerprint density at radius 2 is 1.68 bits per heavy atom. The predicted molar refractivity (Wildman–Crippen MR) is 161 cm³/mol. The summed E-state index contributed by atoms with van der Waals surface area (Å²) in [6, 6.07) is 26.4. The van der Waals surface area contributed by atoms with Crippen LogP contribution in [0.15, 0.2) is 102 Å². The Morgan fingerprint density at radius 3 is 2.41 bits per heavy atom. The average Bonchev–Trinajstić information content (AvgIpc) is 3.39. The van der Waals surface area contributed by atoms with Crippen molar-refractivity contribution in [3.63, 3.8) is 0 Å². The van der Waals surface area contributed by atoms with Crippen molar-refractivity contribution in [3.05, 3.63) is 114 Å². The van der Waals surface area contributed by atoms with Gasteiger partial charge < -0.3 is 24.6 Å². The lowest BCUT2D eigenvalue weighted by molar-refractivity contribution is -0.142. The van der Waals surface area contributed by atoms with Crippen LogP contribution in [0.3, 0.4) is 0 Å². The Balaban J connectivity index is 1.08. The summed E-state index contributed by atoms with van der Waals surface area (Å²) in [4.78, 5) is 12.8. The highest BCUT2D eigenvalue weighted by Gasteiger charge is 2.46. The number of sulfonamides is 1. The Kier molecular flexibility index (Phi) is 8.51. The van der Waals surface area contributed by atoms with Gasteiger partial charge in [0.05, 0.1) is 24.0 Å². The number of aliphatic hydroxyl groups excluding tert-OH is 1. The lowest BCUT2D eigenvalue weighted by Crippen LogP contribution is -2.47. The third-order valence-corrected chi connectivity index (χ3v) is 9.08. The van der Waals surface area contributed by atoms with Crippen molar-refractivity contribution in [2.45, 2.75) is 48.5 Å². The normalized spacial score (nSPS) is 20.6. The Labute approximate surface area is 254 Å². The van der Waals surface area contributed by atoms with Gasteiger partial charge in [-0.1, -0.05) is 30.3 Å². The Hall–Kier alpha value is -4.45. The number of rotatable bonds is 10. The number of amides is 1. The molecule has 4 aromatic rings. The van der Waals surface area contributed by atoms with Crippen LogP contribution < -0.4 is 19.5 Å². The fourth-order valence-electron chi connectivity index (χ4n) is 5.56. The molecule has 1 fully saturated rings. The summed E-state index contributed by atoms with van der Waals surface area (Å²) < 4.78 is 59.5. The van der Waals surface area contributed by atoms with Gasteiger partial charge in [-0.15, -0.1) is 0 Å². The number of halogens is 1. The van der Waals surface area contributed by atoms with Crippen LogP contribution in [-0.4, -0.2) is 44.4 Å². The smallest absolute Gasteiger partial charge is 0.261 e. The molecule has 3 N–H and O–H groups in total. The Morgan fingerprint density at radius 1 is 0.955 bits per heavy atom. The van der Waals surface area contributed by atoms with E-state index in [-0.39, 0.29) is 29.7 Å². The van der Waals surface area contributed by atoms with Gasteiger partial charge in [0.25, 0.3) is 10.0 Å². The van der Waals surface area contributed by atoms with E-state index >= 15 is 0 Å². The number of ether oxygens (including phenoxy) is 3. The van der Waals surface area contributed by atoms with Crippen LogP contribution in [0.2, 0.25) is 0 Å². The topological polar surface area (TPSA) is 123 Å². The Bertz CT molecular complexity index is 1720. The van der Waals surface area contributed by atoms with Gasteiger partial charge in [-0.05, 0) is 78.7 Å². The van der Waals surface area contributed by atoms with Crippen LogP contribution in [0.1, 0.15) is 29.9 Å². The lowest BCUT2D eigenvalue weighted by Gasteiger charge is -2.37. The van der Waals surface area contributed by atoms with Crippen molar-refractivity contribution in [2.24, 2.45) is 0 Å². The minimum Gasteiger partial charge on any atom is -0.487 e. The monoisotopic (exact) mass is 618 g/mol. The molecule has 1 amide bonds. The number of nitrogens with one attached hydrogen (secondary N) is 2. The first-order chi connectivity index (χ1) is 21.3. The maximum absolute atomic E-state index is 13.3. The van der Waals surface area contributed by atoms with Gasteiger partial charge in [0.15, 0.2) is 0 Å². The van der Waals surface area contributed by atoms with Crippen LogP contribution >= 0.6 is 0 Å². The fourth-order valence-corrected chi connectivity index (χ4v) is 6.61. The van der Waals surface area contributed by atoms with Gasteiger partial charge >= 0.3 is 0 Å². The quantitative estimate of drug-likeness (QED) is 0.226. The van der Waals surface area contributed by atoms with E-state index in [1.54, 1.807) is 18.2 Å². The number of benzene rings is 4. The molecule has 0 aromatic heterocycles. The highest BCUT2D eigenvalue weighted by Crippen LogP contribution is 2.47. The van der Waals surface area contributed by atoms with Crippen molar-refractivity contribution >= 4 is 21.6 Å². The molecule has 0 unspecified atom stereocenters. The third-order valence-electron chi connectivity index (χ3n) is 7.68. The molecule has 44 heavy (non-hydrogen) atoms. The molecule has 4 aromatic carbocycles. The number of para-hydroxylation sites is 1. The highest BCUT2D eigenvalue weighted by molar-refractivity contribution is 7.92. The summed E-state index contributed by atoms with van der Waals surface area (Å²) >= 11 is 0. The van der Waals surface area contributed by atoms with Crippen molar-refractivity contribution in [2.75, 3.05) is 11.3 Å². The number of hydrogen-bond acceptors (Lipinski definition) is 7. The molecule has 2 heterocycles. The second-order valence-corrected chi connectivity index (χ2v) is 12.4. The number of carbonyl (C=O) groups is 1. The molecule has 9 nitrogen and oxygen atoms in total. The largest absolute Gasteiger partial charge is 0.487 e. The maximum atomic E-state index is 13.3. The zero-order valence-electron chi connectivity index (χ0n) is 23.6. The molecule has 4 atom stereocenters. The van der Waals surface area contributed by atoms with Gasteiger partial charge in [-0.2, -0.15) is 0 Å². The minimum absolute atomic E-state index is 0.0672. The van der Waals surface area contributed by atoms with Crippen molar-refractivity contribution in [1.29, 1.82) is 0 Å². The summed E-state index contributed by atoms with van der Waals surface area (Å²) in [5, 5.41) is 13.0. The van der Waals surface area contributed by atoms with Gasteiger partial charge in [0.2, 0.25) is 5.91 Å². The maximum Gasteiger partial charge on any atom is 0.261 e. The third kappa shape index (κ3) is 6.70. The highest BCUT2D eigenvalue weighted by atomic mass is 32.2. The molecule has 0 saturated carbocycles. The summed E-state index contributed by atoms with van der Waals surface area (Å²) in [7, 11) is -3.95. The fraction of sp³-hybridized carbons (Fsp3) is 0.242. The molecule has 1 saturated heterocycles. The zero-order valence-corrected chi connectivity index (χ0v) is 24.4. The second-order valence-electron chi connectivity index (χ2n) is 10.8. The summed E-state index contributed by atoms with van der Waals surface area (Å²) in [5.74, 6) is 1.04. The van der Waals surface area contributed by atoms with Crippen LogP contribution in [0, 0.1) is 5.82 Å². The number of aliphatic hydroxyl groups is 1. The zero-order chi connectivity index (χ0) is 30.7. The first-order valence-corrected chi connectivity index (χ1v) is 15.7. The van der Waals surface area contributed by atoms with Crippen molar-refractivity contribution < 1.29 is 36.9 Å². The van der Waals surface area contributed by atoms with E-state index < -0.39 is 34.2 Å². The second kappa shape index (κ2) is 12.7. The first kappa shape index (κ1) is 29.6. The number of fused-ring (bicyclic) bond motifs is 3. The van der Waals surface area contributed by atoms with Crippen LogP contribution in [0.5, 0.6) is 17.2 Å². The van der Waals surface area contributed by atoms with Crippen LogP contribution in [0.4, 0.5) is 10.1 Å². The van der Waals surface area contributed by atoms with Crippen LogP contribution in [-0.2, 0) is 26.1 Å². The summed E-state index contributed by atoms with van der Waals surface area (Å²) in [5.41, 5.74) is 1.99. The van der Waals surface area contributed by atoms with Gasteiger partial charge in [-0.3, -0.25) is 9.52 Å². The van der Waals surface area contributed by atoms with E-state index in [4.69, 9.17) is 14.2 Å². The van der Waals surface area contributed by atoms with E-state index in [2.05, 4.69) is 10.0 Å².